The third kappa shape index (κ3) is 5.99. The van der Waals surface area contributed by atoms with Crippen LogP contribution in [0.15, 0.2) is 72.8 Å². The van der Waals surface area contributed by atoms with Crippen molar-refractivity contribution in [3.8, 4) is 17.2 Å². The maximum atomic E-state index is 13.1. The molecular weight excluding hydrogens is 392 g/mol. The van der Waals surface area contributed by atoms with Gasteiger partial charge in [-0.1, -0.05) is 42.5 Å². The van der Waals surface area contributed by atoms with Gasteiger partial charge in [0.05, 0.1) is 21.3 Å². The largest absolute Gasteiger partial charge is 0.497 e. The Kier molecular flexibility index (Phi) is 7.90. The summed E-state index contributed by atoms with van der Waals surface area (Å²) in [6.07, 6.45) is 0.732. The van der Waals surface area contributed by atoms with Gasteiger partial charge in [-0.2, -0.15) is 0 Å². The number of anilines is 1. The molecule has 0 aliphatic rings. The van der Waals surface area contributed by atoms with Crippen LogP contribution < -0.4 is 24.8 Å². The predicted molar refractivity (Wildman–Crippen MR) is 122 cm³/mol. The van der Waals surface area contributed by atoms with Crippen LogP contribution in [-0.2, 0) is 11.2 Å². The van der Waals surface area contributed by atoms with E-state index in [1.54, 1.807) is 27.4 Å². The Morgan fingerprint density at radius 2 is 1.61 bits per heavy atom. The van der Waals surface area contributed by atoms with Crippen LogP contribution in [0.4, 0.5) is 5.69 Å². The molecule has 0 radical (unpaired) electrons. The van der Waals surface area contributed by atoms with Gasteiger partial charge in [0.15, 0.2) is 11.5 Å². The molecule has 2 N–H and O–H groups in total. The number of methoxy groups -OCH3 is 3. The quantitative estimate of drug-likeness (QED) is 0.514. The lowest BCUT2D eigenvalue weighted by Crippen LogP contribution is -2.34. The van der Waals surface area contributed by atoms with E-state index in [9.17, 15) is 4.79 Å². The smallest absolute Gasteiger partial charge is 0.246 e. The molecule has 0 heterocycles. The first-order valence-corrected chi connectivity index (χ1v) is 10.1. The number of nitrogens with one attached hydrogen (secondary N) is 2. The minimum absolute atomic E-state index is 0.133. The molecule has 0 spiro atoms. The molecule has 31 heavy (non-hydrogen) atoms. The summed E-state index contributed by atoms with van der Waals surface area (Å²) in [5, 5.41) is 6.36. The first-order chi connectivity index (χ1) is 15.1. The average molecular weight is 421 g/mol. The molecule has 3 aromatic rings. The van der Waals surface area contributed by atoms with Crippen LogP contribution in [0.5, 0.6) is 17.2 Å². The van der Waals surface area contributed by atoms with Crippen LogP contribution in [0.2, 0.25) is 0 Å². The normalized spacial score (nSPS) is 11.5. The van der Waals surface area contributed by atoms with Gasteiger partial charge in [-0.3, -0.25) is 4.79 Å². The van der Waals surface area contributed by atoms with Crippen molar-refractivity contribution in [3.05, 3.63) is 83.9 Å². The molecule has 6 heteroatoms. The standard InChI is InChI=1S/C25H28N2O4/c1-29-21-11-7-10-20(17-21)27-25(28)24(19-8-5-4-6-9-19)26-15-14-18-12-13-22(30-2)23(16-18)31-3/h4-13,16-17,24,26H,14-15H2,1-3H3,(H,27,28). The first kappa shape index (κ1) is 22.2. The van der Waals surface area contributed by atoms with E-state index in [0.29, 0.717) is 29.5 Å². The molecule has 3 aromatic carbocycles. The molecule has 6 nitrogen and oxygen atoms in total. The third-order valence-electron chi connectivity index (χ3n) is 4.94. The number of ether oxygens (including phenoxy) is 3. The molecule has 162 valence electrons. The molecule has 0 aromatic heterocycles. The zero-order valence-corrected chi connectivity index (χ0v) is 18.1. The molecule has 0 fully saturated rings. The molecule has 0 saturated carbocycles. The maximum Gasteiger partial charge on any atom is 0.246 e. The van der Waals surface area contributed by atoms with Gasteiger partial charge in [0.2, 0.25) is 5.91 Å². The van der Waals surface area contributed by atoms with Gasteiger partial charge in [-0.05, 0) is 41.8 Å². The van der Waals surface area contributed by atoms with Crippen LogP contribution in [0, 0.1) is 0 Å². The molecule has 1 amide bonds. The van der Waals surface area contributed by atoms with Crippen molar-refractivity contribution in [2.75, 3.05) is 33.2 Å². The van der Waals surface area contributed by atoms with Crippen molar-refractivity contribution in [1.29, 1.82) is 0 Å². The Morgan fingerprint density at radius 1 is 0.839 bits per heavy atom. The minimum atomic E-state index is -0.493. The highest BCUT2D eigenvalue weighted by Gasteiger charge is 2.20. The van der Waals surface area contributed by atoms with Crippen molar-refractivity contribution in [2.45, 2.75) is 12.5 Å². The minimum Gasteiger partial charge on any atom is -0.497 e. The number of hydrogen-bond acceptors (Lipinski definition) is 5. The fourth-order valence-corrected chi connectivity index (χ4v) is 3.32. The molecule has 1 unspecified atom stereocenters. The maximum absolute atomic E-state index is 13.1. The number of carbonyl (C=O) groups excluding carboxylic acids is 1. The Bertz CT molecular complexity index is 992. The summed E-state index contributed by atoms with van der Waals surface area (Å²) >= 11 is 0. The Hall–Kier alpha value is -3.51. The number of amides is 1. The topological polar surface area (TPSA) is 68.8 Å². The molecular formula is C25H28N2O4. The van der Waals surface area contributed by atoms with E-state index in [2.05, 4.69) is 10.6 Å². The lowest BCUT2D eigenvalue weighted by atomic mass is 10.0. The van der Waals surface area contributed by atoms with Crippen LogP contribution in [-0.4, -0.2) is 33.8 Å². The van der Waals surface area contributed by atoms with Crippen molar-refractivity contribution >= 4 is 11.6 Å². The van der Waals surface area contributed by atoms with Crippen molar-refractivity contribution < 1.29 is 19.0 Å². The SMILES string of the molecule is COc1cccc(NC(=O)C(NCCc2ccc(OC)c(OC)c2)c2ccccc2)c1. The molecule has 0 aliphatic heterocycles. The van der Waals surface area contributed by atoms with Gasteiger partial charge in [0.25, 0.3) is 0 Å². The summed E-state index contributed by atoms with van der Waals surface area (Å²) in [5.41, 5.74) is 2.67. The van der Waals surface area contributed by atoms with Crippen LogP contribution in [0.3, 0.4) is 0 Å². The first-order valence-electron chi connectivity index (χ1n) is 10.1. The summed E-state index contributed by atoms with van der Waals surface area (Å²) in [6, 6.07) is 22.3. The highest BCUT2D eigenvalue weighted by Crippen LogP contribution is 2.27. The number of hydrogen-bond donors (Lipinski definition) is 2. The summed E-state index contributed by atoms with van der Waals surface area (Å²) in [7, 11) is 4.84. The highest BCUT2D eigenvalue weighted by atomic mass is 16.5. The van der Waals surface area contributed by atoms with Gasteiger partial charge in [0, 0.05) is 18.3 Å². The number of carbonyl (C=O) groups is 1. The van der Waals surface area contributed by atoms with Crippen molar-refractivity contribution in [3.63, 3.8) is 0 Å². The summed E-state index contributed by atoms with van der Waals surface area (Å²) in [6.45, 7) is 0.612. The van der Waals surface area contributed by atoms with E-state index in [1.807, 2.05) is 66.7 Å². The van der Waals surface area contributed by atoms with Gasteiger partial charge in [-0.15, -0.1) is 0 Å². The van der Waals surface area contributed by atoms with E-state index in [4.69, 9.17) is 14.2 Å². The fourth-order valence-electron chi connectivity index (χ4n) is 3.32. The summed E-state index contributed by atoms with van der Waals surface area (Å²) in [5.74, 6) is 1.94. The monoisotopic (exact) mass is 420 g/mol. The van der Waals surface area contributed by atoms with Crippen molar-refractivity contribution in [1.82, 2.24) is 5.32 Å². The summed E-state index contributed by atoms with van der Waals surface area (Å²) < 4.78 is 15.9. The molecule has 0 aliphatic carbocycles. The highest BCUT2D eigenvalue weighted by molar-refractivity contribution is 5.95. The van der Waals surface area contributed by atoms with E-state index in [0.717, 1.165) is 17.5 Å². The Morgan fingerprint density at radius 3 is 2.32 bits per heavy atom. The molecule has 3 rings (SSSR count). The molecule has 0 bridgehead atoms. The van der Waals surface area contributed by atoms with Gasteiger partial charge in [0.1, 0.15) is 11.8 Å². The zero-order chi connectivity index (χ0) is 22.1. The summed E-state index contributed by atoms with van der Waals surface area (Å²) in [4.78, 5) is 13.1. The van der Waals surface area contributed by atoms with E-state index in [1.165, 1.54) is 0 Å². The fraction of sp³-hybridized carbons (Fsp3) is 0.240. The van der Waals surface area contributed by atoms with Crippen molar-refractivity contribution in [2.24, 2.45) is 0 Å². The number of benzene rings is 3. The molecule has 0 saturated heterocycles. The van der Waals surface area contributed by atoms with E-state index >= 15 is 0 Å². The van der Waals surface area contributed by atoms with E-state index in [-0.39, 0.29) is 5.91 Å². The third-order valence-corrected chi connectivity index (χ3v) is 4.94. The van der Waals surface area contributed by atoms with Crippen LogP contribution in [0.1, 0.15) is 17.2 Å². The lowest BCUT2D eigenvalue weighted by Gasteiger charge is -2.19. The second-order valence-corrected chi connectivity index (χ2v) is 6.96. The van der Waals surface area contributed by atoms with Gasteiger partial charge < -0.3 is 24.8 Å². The van der Waals surface area contributed by atoms with Gasteiger partial charge >= 0.3 is 0 Å². The second kappa shape index (κ2) is 11.0. The Labute approximate surface area is 183 Å². The van der Waals surface area contributed by atoms with E-state index < -0.39 is 6.04 Å². The second-order valence-electron chi connectivity index (χ2n) is 6.96. The van der Waals surface area contributed by atoms with Crippen LogP contribution >= 0.6 is 0 Å². The average Bonchev–Trinajstić information content (AvgIpc) is 2.82. The molecule has 1 atom stereocenters. The van der Waals surface area contributed by atoms with Gasteiger partial charge in [-0.25, -0.2) is 0 Å². The predicted octanol–water partition coefficient (Wildman–Crippen LogP) is 4.22. The van der Waals surface area contributed by atoms with Crippen LogP contribution in [0.25, 0.3) is 0 Å². The lowest BCUT2D eigenvalue weighted by molar-refractivity contribution is -0.118. The zero-order valence-electron chi connectivity index (χ0n) is 18.1. The number of rotatable bonds is 10. The Balaban J connectivity index is 1.70.